The van der Waals surface area contributed by atoms with Gasteiger partial charge in [-0.2, -0.15) is 0 Å². The molecule has 88 valence electrons. The molecular formula is C11H11ClN4O. The van der Waals surface area contributed by atoms with Crippen LogP contribution in [0.3, 0.4) is 0 Å². The Morgan fingerprint density at radius 2 is 2.35 bits per heavy atom. The highest BCUT2D eigenvalue weighted by Crippen LogP contribution is 2.22. The van der Waals surface area contributed by atoms with Gasteiger partial charge in [-0.1, -0.05) is 17.7 Å². The lowest BCUT2D eigenvalue weighted by molar-refractivity contribution is 0.0951. The average molecular weight is 251 g/mol. The molecule has 0 spiro atoms. The maximum atomic E-state index is 11.8. The third-order valence-corrected chi connectivity index (χ3v) is 2.62. The molecule has 17 heavy (non-hydrogen) atoms. The topological polar surface area (TPSA) is 83.8 Å². The molecule has 0 aliphatic carbocycles. The predicted octanol–water partition coefficient (Wildman–Crippen LogP) is 1.58. The van der Waals surface area contributed by atoms with Crippen molar-refractivity contribution in [2.24, 2.45) is 0 Å². The van der Waals surface area contributed by atoms with Gasteiger partial charge in [-0.05, 0) is 12.1 Å². The maximum Gasteiger partial charge on any atom is 0.253 e. The molecule has 1 aromatic heterocycles. The number of amides is 1. The molecule has 0 bridgehead atoms. The molecule has 5 nitrogen and oxygen atoms in total. The number of aromatic nitrogens is 2. The Morgan fingerprint density at radius 1 is 1.53 bits per heavy atom. The second kappa shape index (κ2) is 4.88. The van der Waals surface area contributed by atoms with E-state index in [4.69, 9.17) is 17.3 Å². The van der Waals surface area contributed by atoms with Gasteiger partial charge in [0.2, 0.25) is 0 Å². The summed E-state index contributed by atoms with van der Waals surface area (Å²) in [6.45, 7) is 0.366. The average Bonchev–Trinajstić information content (AvgIpc) is 2.82. The number of H-pyrrole nitrogens is 1. The predicted molar refractivity (Wildman–Crippen MR) is 65.6 cm³/mol. The number of carbonyl (C=O) groups is 1. The van der Waals surface area contributed by atoms with Gasteiger partial charge in [-0.25, -0.2) is 4.98 Å². The van der Waals surface area contributed by atoms with Gasteiger partial charge in [0, 0.05) is 6.20 Å². The molecule has 1 aromatic carbocycles. The number of benzene rings is 1. The number of nitrogens with one attached hydrogen (secondary N) is 2. The first-order chi connectivity index (χ1) is 8.18. The fourth-order valence-electron chi connectivity index (χ4n) is 1.39. The van der Waals surface area contributed by atoms with E-state index in [0.29, 0.717) is 17.1 Å². The number of nitrogens with two attached hydrogens (primary N) is 1. The van der Waals surface area contributed by atoms with Crippen LogP contribution in [0.25, 0.3) is 0 Å². The molecule has 2 aromatic rings. The summed E-state index contributed by atoms with van der Waals surface area (Å²) < 4.78 is 0. The Balaban J connectivity index is 2.07. The molecule has 0 aliphatic heterocycles. The van der Waals surface area contributed by atoms with Gasteiger partial charge in [-0.15, -0.1) is 0 Å². The zero-order chi connectivity index (χ0) is 12.3. The minimum Gasteiger partial charge on any atom is -0.397 e. The van der Waals surface area contributed by atoms with Crippen molar-refractivity contribution < 1.29 is 4.79 Å². The number of carbonyl (C=O) groups excluding carboxylic acids is 1. The highest BCUT2D eigenvalue weighted by molar-refractivity contribution is 6.33. The minimum absolute atomic E-state index is 0.264. The Hall–Kier alpha value is -2.01. The van der Waals surface area contributed by atoms with Crippen LogP contribution in [0.15, 0.2) is 30.7 Å². The van der Waals surface area contributed by atoms with Crippen LogP contribution < -0.4 is 11.1 Å². The number of imidazole rings is 1. The number of rotatable bonds is 3. The third-order valence-electron chi connectivity index (χ3n) is 2.29. The molecule has 0 atom stereocenters. The molecule has 1 amide bonds. The highest BCUT2D eigenvalue weighted by Gasteiger charge is 2.11. The van der Waals surface area contributed by atoms with Crippen molar-refractivity contribution in [3.05, 3.63) is 47.0 Å². The zero-order valence-corrected chi connectivity index (χ0v) is 9.66. The Bertz CT molecular complexity index is 524. The molecule has 0 saturated heterocycles. The van der Waals surface area contributed by atoms with Gasteiger partial charge in [0.05, 0.1) is 34.8 Å². The summed E-state index contributed by atoms with van der Waals surface area (Å²) in [5, 5.41) is 3.09. The zero-order valence-electron chi connectivity index (χ0n) is 8.90. The summed E-state index contributed by atoms with van der Waals surface area (Å²) >= 11 is 5.84. The molecule has 0 saturated carbocycles. The van der Waals surface area contributed by atoms with Gasteiger partial charge in [0.15, 0.2) is 0 Å². The SMILES string of the molecule is Nc1c(Cl)cccc1C(=O)NCc1cnc[nH]1. The lowest BCUT2D eigenvalue weighted by atomic mass is 10.1. The van der Waals surface area contributed by atoms with Crippen LogP contribution in [-0.4, -0.2) is 15.9 Å². The number of hydrogen-bond acceptors (Lipinski definition) is 3. The molecule has 0 fully saturated rings. The lowest BCUT2D eigenvalue weighted by Crippen LogP contribution is -2.24. The van der Waals surface area contributed by atoms with Crippen LogP contribution in [0.4, 0.5) is 5.69 Å². The van der Waals surface area contributed by atoms with Crippen molar-refractivity contribution in [2.45, 2.75) is 6.54 Å². The Morgan fingerprint density at radius 3 is 3.06 bits per heavy atom. The van der Waals surface area contributed by atoms with E-state index in [-0.39, 0.29) is 11.6 Å². The van der Waals surface area contributed by atoms with Crippen molar-refractivity contribution in [2.75, 3.05) is 5.73 Å². The van der Waals surface area contributed by atoms with E-state index >= 15 is 0 Å². The number of halogens is 1. The first kappa shape index (κ1) is 11.5. The lowest BCUT2D eigenvalue weighted by Gasteiger charge is -2.07. The number of aromatic amines is 1. The summed E-state index contributed by atoms with van der Waals surface area (Å²) in [7, 11) is 0. The maximum absolute atomic E-state index is 11.8. The van der Waals surface area contributed by atoms with Crippen LogP contribution in [0.1, 0.15) is 16.1 Å². The van der Waals surface area contributed by atoms with E-state index in [1.807, 2.05) is 0 Å². The van der Waals surface area contributed by atoms with Crippen molar-refractivity contribution in [1.29, 1.82) is 0 Å². The summed E-state index contributed by atoms with van der Waals surface area (Å²) in [5.74, 6) is -0.264. The Kier molecular flexibility index (Phi) is 3.30. The molecule has 0 radical (unpaired) electrons. The first-order valence-electron chi connectivity index (χ1n) is 4.98. The number of para-hydroxylation sites is 1. The van der Waals surface area contributed by atoms with E-state index in [1.54, 1.807) is 30.7 Å². The normalized spacial score (nSPS) is 10.2. The van der Waals surface area contributed by atoms with Crippen LogP contribution in [0.5, 0.6) is 0 Å². The summed E-state index contributed by atoms with van der Waals surface area (Å²) in [4.78, 5) is 18.6. The molecule has 1 heterocycles. The quantitative estimate of drug-likeness (QED) is 0.723. The monoisotopic (exact) mass is 250 g/mol. The number of nitrogens with zero attached hydrogens (tertiary/aromatic N) is 1. The Labute approximate surface area is 103 Å². The van der Waals surface area contributed by atoms with Crippen molar-refractivity contribution >= 4 is 23.2 Å². The van der Waals surface area contributed by atoms with E-state index in [1.165, 1.54) is 0 Å². The summed E-state index contributed by atoms with van der Waals surface area (Å²) in [6, 6.07) is 4.95. The first-order valence-corrected chi connectivity index (χ1v) is 5.35. The second-order valence-electron chi connectivity index (χ2n) is 3.46. The van der Waals surface area contributed by atoms with Gasteiger partial charge >= 0.3 is 0 Å². The van der Waals surface area contributed by atoms with Crippen LogP contribution in [-0.2, 0) is 6.54 Å². The van der Waals surface area contributed by atoms with E-state index < -0.39 is 0 Å². The molecule has 0 unspecified atom stereocenters. The van der Waals surface area contributed by atoms with Crippen molar-refractivity contribution in [3.63, 3.8) is 0 Å². The number of nitrogen functional groups attached to an aromatic ring is 1. The minimum atomic E-state index is -0.264. The number of anilines is 1. The highest BCUT2D eigenvalue weighted by atomic mass is 35.5. The summed E-state index contributed by atoms with van der Waals surface area (Å²) in [5.41, 5.74) is 7.20. The molecule has 0 aliphatic rings. The van der Waals surface area contributed by atoms with Gasteiger partial charge < -0.3 is 16.0 Å². The van der Waals surface area contributed by atoms with Crippen LogP contribution in [0.2, 0.25) is 5.02 Å². The second-order valence-corrected chi connectivity index (χ2v) is 3.87. The van der Waals surface area contributed by atoms with E-state index in [0.717, 1.165) is 5.69 Å². The van der Waals surface area contributed by atoms with Gasteiger partial charge in [0.1, 0.15) is 0 Å². The molecular weight excluding hydrogens is 240 g/mol. The summed E-state index contributed by atoms with van der Waals surface area (Å²) in [6.07, 6.45) is 3.19. The van der Waals surface area contributed by atoms with E-state index in [2.05, 4.69) is 15.3 Å². The van der Waals surface area contributed by atoms with E-state index in [9.17, 15) is 4.79 Å². The molecule has 6 heteroatoms. The standard InChI is InChI=1S/C11H11ClN4O/c12-9-3-1-2-8(10(9)13)11(17)15-5-7-4-14-6-16-7/h1-4,6H,5,13H2,(H,14,16)(H,15,17). The third kappa shape index (κ3) is 2.57. The fourth-order valence-corrected chi connectivity index (χ4v) is 1.56. The van der Waals surface area contributed by atoms with Crippen LogP contribution in [0, 0.1) is 0 Å². The van der Waals surface area contributed by atoms with Gasteiger partial charge in [-0.3, -0.25) is 4.79 Å². The van der Waals surface area contributed by atoms with Crippen molar-refractivity contribution in [1.82, 2.24) is 15.3 Å². The largest absolute Gasteiger partial charge is 0.397 e. The molecule has 4 N–H and O–H groups in total. The van der Waals surface area contributed by atoms with Crippen LogP contribution >= 0.6 is 11.6 Å². The smallest absolute Gasteiger partial charge is 0.253 e. The number of hydrogen-bond donors (Lipinski definition) is 3. The molecule has 2 rings (SSSR count). The van der Waals surface area contributed by atoms with Gasteiger partial charge in [0.25, 0.3) is 5.91 Å². The fraction of sp³-hybridized carbons (Fsp3) is 0.0909. The van der Waals surface area contributed by atoms with Crippen molar-refractivity contribution in [3.8, 4) is 0 Å².